The smallest absolute Gasteiger partial charge is 0.315 e. The van der Waals surface area contributed by atoms with E-state index in [-0.39, 0.29) is 25.2 Å². The second kappa shape index (κ2) is 5.05. The first-order chi connectivity index (χ1) is 4.66. The van der Waals surface area contributed by atoms with Crippen molar-refractivity contribution in [1.29, 1.82) is 0 Å². The van der Waals surface area contributed by atoms with E-state index in [9.17, 15) is 9.90 Å². The summed E-state index contributed by atoms with van der Waals surface area (Å²) in [5.74, 6) is 0. The molecule has 0 bridgehead atoms. The molecule has 0 saturated heterocycles. The van der Waals surface area contributed by atoms with Crippen LogP contribution in [0.5, 0.6) is 0 Å². The first-order valence-electron chi connectivity index (χ1n) is 3.29. The van der Waals surface area contributed by atoms with Crippen LogP contribution in [-0.2, 0) is 5.11 Å². The minimum absolute atomic E-state index is 0.117. The molecule has 0 unspecified atom stereocenters. The van der Waals surface area contributed by atoms with E-state index in [0.29, 0.717) is 0 Å². The molecule has 10 heavy (non-hydrogen) atoms. The third kappa shape index (κ3) is 5.37. The third-order valence-electron chi connectivity index (χ3n) is 0.807. The number of carbonyl (C=O) groups is 1. The van der Waals surface area contributed by atoms with Gasteiger partial charge in [0.2, 0.25) is 0 Å². The van der Waals surface area contributed by atoms with E-state index in [1.165, 1.54) is 0 Å². The van der Waals surface area contributed by atoms with E-state index in [0.717, 1.165) is 0 Å². The molecule has 0 aromatic heterocycles. The lowest BCUT2D eigenvalue weighted by atomic mass is 10.4. The standard InChI is InChI=1S/C6H13N2O2/c1-5(2)8-6(10)7-3-4-9/h5H,3-4H2,1-2H3,(H2,7,8,10). The van der Waals surface area contributed by atoms with Gasteiger partial charge in [-0.05, 0) is 13.8 Å². The highest BCUT2D eigenvalue weighted by molar-refractivity contribution is 5.73. The predicted molar refractivity (Wildman–Crippen MR) is 37.2 cm³/mol. The minimum Gasteiger partial charge on any atom is -0.336 e. The van der Waals surface area contributed by atoms with Gasteiger partial charge in [-0.15, -0.1) is 0 Å². The van der Waals surface area contributed by atoms with Crippen molar-refractivity contribution in [2.45, 2.75) is 19.9 Å². The monoisotopic (exact) mass is 145 g/mol. The van der Waals surface area contributed by atoms with Gasteiger partial charge in [0.1, 0.15) is 0 Å². The Bertz CT molecular complexity index is 104. The Balaban J connectivity index is 3.26. The average Bonchev–Trinajstić information content (AvgIpc) is 1.82. The van der Waals surface area contributed by atoms with E-state index >= 15 is 0 Å². The highest BCUT2D eigenvalue weighted by Crippen LogP contribution is 1.74. The number of carbonyl (C=O) groups excluding carboxylic acids is 1. The van der Waals surface area contributed by atoms with Gasteiger partial charge in [0.25, 0.3) is 0 Å². The Labute approximate surface area is 60.6 Å². The zero-order valence-electron chi connectivity index (χ0n) is 6.31. The SMILES string of the molecule is CC(C)NC(=O)NCC[O]. The highest BCUT2D eigenvalue weighted by Gasteiger charge is 1.99. The van der Waals surface area contributed by atoms with E-state index in [1.807, 2.05) is 13.8 Å². The Kier molecular flexibility index (Phi) is 4.66. The van der Waals surface area contributed by atoms with Crippen molar-refractivity contribution in [3.8, 4) is 0 Å². The maximum absolute atomic E-state index is 10.7. The summed E-state index contributed by atoms with van der Waals surface area (Å²) in [7, 11) is 0. The molecule has 0 aromatic rings. The molecule has 4 nitrogen and oxygen atoms in total. The second-order valence-electron chi connectivity index (χ2n) is 2.26. The first kappa shape index (κ1) is 9.23. The average molecular weight is 145 g/mol. The molecule has 0 rings (SSSR count). The van der Waals surface area contributed by atoms with Crippen LogP contribution in [0.1, 0.15) is 13.8 Å². The molecule has 0 aromatic carbocycles. The highest BCUT2D eigenvalue weighted by atomic mass is 16.3. The fourth-order valence-corrected chi connectivity index (χ4v) is 0.478. The van der Waals surface area contributed by atoms with Gasteiger partial charge in [-0.2, -0.15) is 0 Å². The zero-order valence-corrected chi connectivity index (χ0v) is 6.31. The van der Waals surface area contributed by atoms with Gasteiger partial charge >= 0.3 is 6.03 Å². The topological polar surface area (TPSA) is 61.0 Å². The second-order valence-corrected chi connectivity index (χ2v) is 2.26. The maximum atomic E-state index is 10.7. The van der Waals surface area contributed by atoms with Crippen LogP contribution >= 0.6 is 0 Å². The van der Waals surface area contributed by atoms with Crippen LogP contribution in [0.25, 0.3) is 0 Å². The van der Waals surface area contributed by atoms with E-state index in [4.69, 9.17) is 0 Å². The van der Waals surface area contributed by atoms with Crippen LogP contribution in [0, 0.1) is 0 Å². The van der Waals surface area contributed by atoms with Gasteiger partial charge in [-0.25, -0.2) is 9.90 Å². The molecule has 4 heteroatoms. The van der Waals surface area contributed by atoms with Crippen molar-refractivity contribution in [2.24, 2.45) is 0 Å². The van der Waals surface area contributed by atoms with Crippen LogP contribution in [-0.4, -0.2) is 25.2 Å². The van der Waals surface area contributed by atoms with Crippen molar-refractivity contribution in [3.05, 3.63) is 0 Å². The van der Waals surface area contributed by atoms with Crippen molar-refractivity contribution < 1.29 is 9.90 Å². The Morgan fingerprint density at radius 2 is 2.10 bits per heavy atom. The Morgan fingerprint density at radius 3 is 2.50 bits per heavy atom. The molecule has 0 atom stereocenters. The summed E-state index contributed by atoms with van der Waals surface area (Å²) in [6.07, 6.45) is 0. The lowest BCUT2D eigenvalue weighted by Gasteiger charge is -2.07. The summed E-state index contributed by atoms with van der Waals surface area (Å²) in [4.78, 5) is 10.7. The van der Waals surface area contributed by atoms with E-state index in [1.54, 1.807) is 0 Å². The van der Waals surface area contributed by atoms with Crippen molar-refractivity contribution in [2.75, 3.05) is 13.2 Å². The van der Waals surface area contributed by atoms with Gasteiger partial charge in [0.15, 0.2) is 0 Å². The van der Waals surface area contributed by atoms with Crippen LogP contribution in [0.2, 0.25) is 0 Å². The Morgan fingerprint density at radius 1 is 1.50 bits per heavy atom. The molecule has 0 heterocycles. The lowest BCUT2D eigenvalue weighted by molar-refractivity contribution is 0.190. The molecule has 1 radical (unpaired) electrons. The van der Waals surface area contributed by atoms with Crippen LogP contribution in [0.4, 0.5) is 4.79 Å². The molecule has 0 fully saturated rings. The third-order valence-corrected chi connectivity index (χ3v) is 0.807. The maximum Gasteiger partial charge on any atom is 0.315 e. The fraction of sp³-hybridized carbons (Fsp3) is 0.833. The summed E-state index contributed by atoms with van der Waals surface area (Å²) in [5, 5.41) is 14.9. The van der Waals surface area contributed by atoms with Gasteiger partial charge in [-0.3, -0.25) is 0 Å². The molecular weight excluding hydrogens is 132 g/mol. The molecule has 59 valence electrons. The molecule has 0 aliphatic rings. The fourth-order valence-electron chi connectivity index (χ4n) is 0.478. The van der Waals surface area contributed by atoms with E-state index in [2.05, 4.69) is 10.6 Å². The van der Waals surface area contributed by atoms with Gasteiger partial charge in [0.05, 0.1) is 6.61 Å². The van der Waals surface area contributed by atoms with Gasteiger partial charge in [0, 0.05) is 12.6 Å². The van der Waals surface area contributed by atoms with Gasteiger partial charge in [-0.1, -0.05) is 0 Å². The molecule has 0 aliphatic carbocycles. The summed E-state index contributed by atoms with van der Waals surface area (Å²) < 4.78 is 0. The molecule has 0 spiro atoms. The lowest BCUT2D eigenvalue weighted by Crippen LogP contribution is -2.40. The normalized spacial score (nSPS) is 9.60. The number of amides is 2. The number of nitrogens with one attached hydrogen (secondary N) is 2. The summed E-state index contributed by atoms with van der Waals surface area (Å²) in [6.45, 7) is 3.64. The molecule has 2 amide bonds. The number of hydrogen-bond acceptors (Lipinski definition) is 1. The molecular formula is C6H13N2O2. The van der Waals surface area contributed by atoms with Crippen LogP contribution < -0.4 is 10.6 Å². The van der Waals surface area contributed by atoms with Crippen molar-refractivity contribution in [1.82, 2.24) is 10.6 Å². The summed E-state index contributed by atoms with van der Waals surface area (Å²) >= 11 is 0. The number of hydrogen-bond donors (Lipinski definition) is 2. The minimum atomic E-state index is -0.272. The van der Waals surface area contributed by atoms with Crippen molar-refractivity contribution >= 4 is 6.03 Å². The molecule has 2 N–H and O–H groups in total. The van der Waals surface area contributed by atoms with Crippen LogP contribution in [0.15, 0.2) is 0 Å². The number of urea groups is 1. The number of rotatable bonds is 3. The largest absolute Gasteiger partial charge is 0.336 e. The summed E-state index contributed by atoms with van der Waals surface area (Å²) in [5.41, 5.74) is 0. The van der Waals surface area contributed by atoms with Crippen molar-refractivity contribution in [3.63, 3.8) is 0 Å². The quantitative estimate of drug-likeness (QED) is 0.582. The first-order valence-corrected chi connectivity index (χ1v) is 3.29. The predicted octanol–water partition coefficient (Wildman–Crippen LogP) is 0.124. The molecule has 0 aliphatic heterocycles. The summed E-state index contributed by atoms with van der Waals surface area (Å²) in [6, 6.07) is -0.155. The van der Waals surface area contributed by atoms with Gasteiger partial charge < -0.3 is 10.6 Å². The molecule has 0 saturated carbocycles. The Hall–Kier alpha value is -0.770. The van der Waals surface area contributed by atoms with Crippen LogP contribution in [0.3, 0.4) is 0 Å². The zero-order chi connectivity index (χ0) is 7.98. The van der Waals surface area contributed by atoms with E-state index < -0.39 is 0 Å².